The van der Waals surface area contributed by atoms with Crippen LogP contribution in [0.1, 0.15) is 18.7 Å². The van der Waals surface area contributed by atoms with Gasteiger partial charge in [-0.3, -0.25) is 0 Å². The maximum Gasteiger partial charge on any atom is 0.222 e. The Labute approximate surface area is 145 Å². The highest BCUT2D eigenvalue weighted by atomic mass is 35.5. The summed E-state index contributed by atoms with van der Waals surface area (Å²) in [6.45, 7) is 3.76. The van der Waals surface area contributed by atoms with Crippen molar-refractivity contribution in [3.05, 3.63) is 29.4 Å². The number of hydrogen-bond donors (Lipinski definition) is 2. The Bertz CT molecular complexity index is 674. The summed E-state index contributed by atoms with van der Waals surface area (Å²) < 4.78 is 7.05. The first kappa shape index (κ1) is 16.9. The van der Waals surface area contributed by atoms with E-state index < -0.39 is 0 Å². The Kier molecular flexibility index (Phi) is 5.49. The van der Waals surface area contributed by atoms with Crippen molar-refractivity contribution in [2.24, 2.45) is 0 Å². The highest BCUT2D eigenvalue weighted by Crippen LogP contribution is 2.26. The minimum Gasteiger partial charge on any atom is -0.391 e. The summed E-state index contributed by atoms with van der Waals surface area (Å²) in [7, 11) is 0. The maximum absolute atomic E-state index is 8.78. The number of halogens is 1. The predicted molar refractivity (Wildman–Crippen MR) is 90.8 cm³/mol. The number of nitrogens with two attached hydrogens (primary N) is 1. The van der Waals surface area contributed by atoms with Gasteiger partial charge in [0.15, 0.2) is 5.82 Å². The van der Waals surface area contributed by atoms with Crippen molar-refractivity contribution in [1.29, 1.82) is 0 Å². The molecule has 2 aromatic rings. The van der Waals surface area contributed by atoms with Crippen molar-refractivity contribution < 1.29 is 9.84 Å². The molecule has 2 aliphatic rings. The molecular formula is C15H21ClN6O2. The molecule has 3 N–H and O–H groups in total. The number of imidazole rings is 1. The van der Waals surface area contributed by atoms with Crippen molar-refractivity contribution >= 4 is 23.4 Å². The van der Waals surface area contributed by atoms with E-state index in [1.54, 1.807) is 6.20 Å². The van der Waals surface area contributed by atoms with Gasteiger partial charge in [0.1, 0.15) is 10.8 Å². The minimum absolute atomic E-state index is 0.186. The molecule has 0 bridgehead atoms. The molecule has 1 atom stereocenters. The van der Waals surface area contributed by atoms with Gasteiger partial charge in [0.25, 0.3) is 0 Å². The van der Waals surface area contributed by atoms with Gasteiger partial charge in [-0.25, -0.2) is 9.97 Å². The minimum atomic E-state index is -0.186. The summed E-state index contributed by atoms with van der Waals surface area (Å²) in [4.78, 5) is 14.4. The average molecular weight is 353 g/mol. The summed E-state index contributed by atoms with van der Waals surface area (Å²) in [5, 5.41) is 9.30. The number of nitrogen functional groups attached to an aromatic ring is 1. The Morgan fingerprint density at radius 3 is 2.92 bits per heavy atom. The number of aliphatic hydroxyl groups excluding tert-OH is 1. The third-order valence-corrected chi connectivity index (χ3v) is 4.19. The fourth-order valence-corrected chi connectivity index (χ4v) is 2.88. The van der Waals surface area contributed by atoms with Gasteiger partial charge < -0.3 is 25.0 Å². The van der Waals surface area contributed by atoms with E-state index in [4.69, 9.17) is 27.2 Å². The lowest BCUT2D eigenvalue weighted by atomic mass is 10.2. The number of ether oxygens (including phenoxy) is 1. The van der Waals surface area contributed by atoms with Gasteiger partial charge in [0, 0.05) is 32.1 Å². The van der Waals surface area contributed by atoms with Crippen LogP contribution >= 0.6 is 11.6 Å². The van der Waals surface area contributed by atoms with Gasteiger partial charge in [0.05, 0.1) is 25.5 Å². The summed E-state index contributed by atoms with van der Waals surface area (Å²) >= 11 is 6.08. The van der Waals surface area contributed by atoms with E-state index in [1.165, 1.54) is 6.20 Å². The highest BCUT2D eigenvalue weighted by molar-refractivity contribution is 6.32. The van der Waals surface area contributed by atoms with E-state index in [1.807, 2.05) is 6.20 Å². The van der Waals surface area contributed by atoms with Crippen LogP contribution in [0.2, 0.25) is 5.02 Å². The zero-order chi connectivity index (χ0) is 16.9. The molecule has 4 heterocycles. The SMILES string of the molecule is Nc1ncc(Cl)c(N2CCn3ccnc3C2)n1.OC1CCCOC1. The van der Waals surface area contributed by atoms with E-state index in [-0.39, 0.29) is 12.1 Å². The van der Waals surface area contributed by atoms with Gasteiger partial charge in [-0.2, -0.15) is 4.98 Å². The smallest absolute Gasteiger partial charge is 0.222 e. The first-order chi connectivity index (χ1) is 11.6. The highest BCUT2D eigenvalue weighted by Gasteiger charge is 2.20. The monoisotopic (exact) mass is 352 g/mol. The van der Waals surface area contributed by atoms with Crippen molar-refractivity contribution in [3.63, 3.8) is 0 Å². The maximum atomic E-state index is 8.78. The number of rotatable bonds is 1. The second-order valence-electron chi connectivity index (χ2n) is 5.73. The molecule has 0 saturated carbocycles. The van der Waals surface area contributed by atoms with E-state index in [9.17, 15) is 0 Å². The predicted octanol–water partition coefficient (Wildman–Crippen LogP) is 1.09. The second kappa shape index (κ2) is 7.78. The summed E-state index contributed by atoms with van der Waals surface area (Å²) in [5.74, 6) is 1.91. The molecule has 4 rings (SSSR count). The van der Waals surface area contributed by atoms with Crippen LogP contribution < -0.4 is 10.6 Å². The molecule has 2 aliphatic heterocycles. The average Bonchev–Trinajstić information content (AvgIpc) is 3.06. The molecule has 0 amide bonds. The molecule has 130 valence electrons. The Hall–Kier alpha value is -1.90. The lowest BCUT2D eigenvalue weighted by Gasteiger charge is -2.29. The summed E-state index contributed by atoms with van der Waals surface area (Å²) in [5.41, 5.74) is 5.58. The molecule has 0 spiro atoms. The van der Waals surface area contributed by atoms with Gasteiger partial charge in [-0.15, -0.1) is 0 Å². The first-order valence-electron chi connectivity index (χ1n) is 7.92. The largest absolute Gasteiger partial charge is 0.391 e. The molecule has 8 nitrogen and oxygen atoms in total. The number of fused-ring (bicyclic) bond motifs is 1. The number of aromatic nitrogens is 4. The van der Waals surface area contributed by atoms with E-state index in [2.05, 4.69) is 24.4 Å². The van der Waals surface area contributed by atoms with Crippen LogP contribution in [-0.2, 0) is 17.8 Å². The third kappa shape index (κ3) is 4.14. The van der Waals surface area contributed by atoms with Crippen molar-refractivity contribution in [1.82, 2.24) is 19.5 Å². The Morgan fingerprint density at radius 2 is 2.21 bits per heavy atom. The molecule has 9 heteroatoms. The van der Waals surface area contributed by atoms with Crippen LogP contribution in [0, 0.1) is 0 Å². The molecule has 2 aromatic heterocycles. The van der Waals surface area contributed by atoms with Gasteiger partial charge in [-0.05, 0) is 12.8 Å². The first-order valence-corrected chi connectivity index (χ1v) is 8.30. The number of nitrogens with zero attached hydrogens (tertiary/aromatic N) is 5. The molecule has 1 saturated heterocycles. The lowest BCUT2D eigenvalue weighted by molar-refractivity contribution is -0.00535. The number of anilines is 2. The van der Waals surface area contributed by atoms with Crippen LogP contribution in [0.3, 0.4) is 0 Å². The number of hydrogen-bond acceptors (Lipinski definition) is 7. The van der Waals surface area contributed by atoms with Crippen LogP contribution in [0.5, 0.6) is 0 Å². The van der Waals surface area contributed by atoms with Crippen molar-refractivity contribution in [3.8, 4) is 0 Å². The Morgan fingerprint density at radius 1 is 1.33 bits per heavy atom. The van der Waals surface area contributed by atoms with Gasteiger partial charge >= 0.3 is 0 Å². The zero-order valence-corrected chi connectivity index (χ0v) is 14.1. The topological polar surface area (TPSA) is 102 Å². The summed E-state index contributed by atoms with van der Waals surface area (Å²) in [6.07, 6.45) is 7.05. The summed E-state index contributed by atoms with van der Waals surface area (Å²) in [6, 6.07) is 0. The molecule has 0 aromatic carbocycles. The Balaban J connectivity index is 0.000000203. The lowest BCUT2D eigenvalue weighted by Crippen LogP contribution is -2.34. The third-order valence-electron chi connectivity index (χ3n) is 3.92. The molecule has 0 radical (unpaired) electrons. The fourth-order valence-electron chi connectivity index (χ4n) is 2.67. The zero-order valence-electron chi connectivity index (χ0n) is 13.3. The van der Waals surface area contributed by atoms with E-state index in [0.29, 0.717) is 24.0 Å². The van der Waals surface area contributed by atoms with Crippen LogP contribution in [0.4, 0.5) is 11.8 Å². The number of aliphatic hydroxyl groups is 1. The standard InChI is InChI=1S/C10H11ClN6.C5H10O2/c11-7-5-14-10(12)15-9(7)17-4-3-16-2-1-13-8(16)6-17;6-5-2-1-3-7-4-5/h1-2,5H,3-4,6H2,(H2,12,14,15);5-6H,1-4H2. The molecule has 1 fully saturated rings. The van der Waals surface area contributed by atoms with Crippen LogP contribution in [-0.4, -0.2) is 50.5 Å². The quantitative estimate of drug-likeness (QED) is 0.791. The fraction of sp³-hybridized carbons (Fsp3) is 0.533. The van der Waals surface area contributed by atoms with Crippen LogP contribution in [0.15, 0.2) is 18.6 Å². The van der Waals surface area contributed by atoms with E-state index in [0.717, 1.165) is 38.4 Å². The van der Waals surface area contributed by atoms with E-state index >= 15 is 0 Å². The molecular weight excluding hydrogens is 332 g/mol. The van der Waals surface area contributed by atoms with Crippen LogP contribution in [0.25, 0.3) is 0 Å². The molecule has 0 aliphatic carbocycles. The van der Waals surface area contributed by atoms with Gasteiger partial charge in [0.2, 0.25) is 5.95 Å². The normalized spacial score (nSPS) is 20.1. The molecule has 1 unspecified atom stereocenters. The molecule has 24 heavy (non-hydrogen) atoms. The van der Waals surface area contributed by atoms with Crippen molar-refractivity contribution in [2.45, 2.75) is 32.0 Å². The van der Waals surface area contributed by atoms with Gasteiger partial charge in [-0.1, -0.05) is 11.6 Å². The second-order valence-corrected chi connectivity index (χ2v) is 6.14. The van der Waals surface area contributed by atoms with Crippen molar-refractivity contribution in [2.75, 3.05) is 30.4 Å².